The van der Waals surface area contributed by atoms with Gasteiger partial charge in [-0.25, -0.2) is 0 Å². The number of rotatable bonds is 1. The lowest BCUT2D eigenvalue weighted by Crippen LogP contribution is -2.16. The second-order valence-electron chi connectivity index (χ2n) is 3.45. The minimum absolute atomic E-state index is 0.00672. The van der Waals surface area contributed by atoms with Gasteiger partial charge in [0, 0.05) is 16.7 Å². The van der Waals surface area contributed by atoms with E-state index in [1.54, 1.807) is 0 Å². The van der Waals surface area contributed by atoms with Crippen molar-refractivity contribution in [1.82, 2.24) is 0 Å². The first-order chi connectivity index (χ1) is 7.13. The molecule has 15 heavy (non-hydrogen) atoms. The zero-order valence-electron chi connectivity index (χ0n) is 8.28. The highest BCUT2D eigenvalue weighted by Crippen LogP contribution is 2.25. The van der Waals surface area contributed by atoms with E-state index in [1.807, 2.05) is 6.92 Å². The first-order valence-corrected chi connectivity index (χ1v) is 4.76. The van der Waals surface area contributed by atoms with Crippen LogP contribution in [-0.4, -0.2) is 16.7 Å². The summed E-state index contributed by atoms with van der Waals surface area (Å²) >= 11 is 0. The lowest BCUT2D eigenvalue weighted by atomic mass is 9.88. The average molecular weight is 202 g/mol. The predicted octanol–water partition coefficient (Wildman–Crippen LogP) is 2.11. The Bertz CT molecular complexity index is 484. The Morgan fingerprint density at radius 1 is 1.20 bits per heavy atom. The summed E-state index contributed by atoms with van der Waals surface area (Å²) in [6.07, 6.45) is 1.90. The van der Waals surface area contributed by atoms with Crippen LogP contribution in [0, 0.1) is 0 Å². The number of benzene rings is 1. The summed E-state index contributed by atoms with van der Waals surface area (Å²) in [6, 6.07) is 4.24. The van der Waals surface area contributed by atoms with Crippen LogP contribution in [-0.2, 0) is 0 Å². The Kier molecular flexibility index (Phi) is 2.15. The summed E-state index contributed by atoms with van der Waals surface area (Å²) in [5.41, 5.74) is 1.17. The number of phenols is 1. The summed E-state index contributed by atoms with van der Waals surface area (Å²) in [6.45, 7) is 1.82. The van der Waals surface area contributed by atoms with Gasteiger partial charge in [0.15, 0.2) is 11.6 Å². The third-order valence-electron chi connectivity index (χ3n) is 2.49. The van der Waals surface area contributed by atoms with E-state index in [9.17, 15) is 14.7 Å². The number of ketones is 2. The van der Waals surface area contributed by atoms with Crippen molar-refractivity contribution in [2.24, 2.45) is 0 Å². The molecule has 0 aliphatic heterocycles. The van der Waals surface area contributed by atoms with Gasteiger partial charge in [-0.05, 0) is 30.7 Å². The quantitative estimate of drug-likeness (QED) is 0.758. The molecular formula is C12H10O3. The van der Waals surface area contributed by atoms with E-state index in [-0.39, 0.29) is 17.3 Å². The maximum atomic E-state index is 11.8. The summed E-state index contributed by atoms with van der Waals surface area (Å²) in [5, 5.41) is 9.27. The number of Topliss-reactive ketones (excluding diaryl/α,β-unsaturated/α-hetero) is 1. The van der Waals surface area contributed by atoms with Gasteiger partial charge in [0.1, 0.15) is 5.75 Å². The van der Waals surface area contributed by atoms with Gasteiger partial charge in [0.05, 0.1) is 0 Å². The van der Waals surface area contributed by atoms with E-state index in [0.717, 1.165) is 0 Å². The van der Waals surface area contributed by atoms with Gasteiger partial charge in [0.2, 0.25) is 0 Å². The maximum absolute atomic E-state index is 11.8. The molecule has 2 rings (SSSR count). The minimum Gasteiger partial charge on any atom is -0.508 e. The molecule has 1 N–H and O–H groups in total. The molecule has 0 saturated carbocycles. The molecule has 1 aliphatic carbocycles. The van der Waals surface area contributed by atoms with Crippen LogP contribution < -0.4 is 0 Å². The van der Waals surface area contributed by atoms with Crippen LogP contribution in [0.4, 0.5) is 0 Å². The second kappa shape index (κ2) is 3.35. The number of fused-ring (bicyclic) bond motifs is 1. The van der Waals surface area contributed by atoms with Crippen LogP contribution in [0.1, 0.15) is 34.1 Å². The number of phenolic OH excluding ortho intramolecular Hbond substituents is 1. The largest absolute Gasteiger partial charge is 0.508 e. The number of hydrogen-bond donors (Lipinski definition) is 1. The normalized spacial score (nSPS) is 14.9. The van der Waals surface area contributed by atoms with Crippen molar-refractivity contribution in [3.8, 4) is 5.75 Å². The molecule has 0 atom stereocenters. The molecule has 0 amide bonds. The first-order valence-electron chi connectivity index (χ1n) is 4.76. The number of aromatic hydroxyl groups is 1. The Morgan fingerprint density at radius 2 is 1.93 bits per heavy atom. The zero-order valence-corrected chi connectivity index (χ0v) is 8.28. The molecule has 0 bridgehead atoms. The fourth-order valence-corrected chi connectivity index (χ4v) is 1.67. The van der Waals surface area contributed by atoms with Gasteiger partial charge in [-0.3, -0.25) is 9.59 Å². The van der Waals surface area contributed by atoms with Crippen molar-refractivity contribution in [2.75, 3.05) is 0 Å². The highest BCUT2D eigenvalue weighted by Gasteiger charge is 2.24. The predicted molar refractivity (Wildman–Crippen MR) is 55.1 cm³/mol. The molecule has 0 radical (unpaired) electrons. The van der Waals surface area contributed by atoms with E-state index < -0.39 is 0 Å². The molecular weight excluding hydrogens is 192 g/mol. The number of carbonyl (C=O) groups is 2. The van der Waals surface area contributed by atoms with Crippen LogP contribution >= 0.6 is 0 Å². The number of allylic oxidation sites excluding steroid dienone is 2. The van der Waals surface area contributed by atoms with Crippen molar-refractivity contribution in [3.63, 3.8) is 0 Å². The van der Waals surface area contributed by atoms with Gasteiger partial charge in [0.25, 0.3) is 0 Å². The highest BCUT2D eigenvalue weighted by atomic mass is 16.3. The average Bonchev–Trinajstić information content (AvgIpc) is 2.23. The Morgan fingerprint density at radius 3 is 2.60 bits per heavy atom. The van der Waals surface area contributed by atoms with E-state index >= 15 is 0 Å². The fourth-order valence-electron chi connectivity index (χ4n) is 1.67. The molecule has 0 saturated heterocycles. The molecule has 76 valence electrons. The maximum Gasteiger partial charge on any atom is 0.190 e. The summed E-state index contributed by atoms with van der Waals surface area (Å²) in [4.78, 5) is 23.4. The van der Waals surface area contributed by atoms with E-state index in [4.69, 9.17) is 0 Å². The van der Waals surface area contributed by atoms with Crippen molar-refractivity contribution in [2.45, 2.75) is 13.3 Å². The topological polar surface area (TPSA) is 54.4 Å². The second-order valence-corrected chi connectivity index (χ2v) is 3.45. The summed E-state index contributed by atoms with van der Waals surface area (Å²) in [7, 11) is 0. The Balaban J connectivity index is 2.62. The van der Waals surface area contributed by atoms with E-state index in [2.05, 4.69) is 0 Å². The van der Waals surface area contributed by atoms with Crippen molar-refractivity contribution >= 4 is 11.6 Å². The van der Waals surface area contributed by atoms with Gasteiger partial charge in [-0.2, -0.15) is 0 Å². The third-order valence-corrected chi connectivity index (χ3v) is 2.49. The summed E-state index contributed by atoms with van der Waals surface area (Å²) < 4.78 is 0. The molecule has 0 unspecified atom stereocenters. The summed E-state index contributed by atoms with van der Waals surface area (Å²) in [5.74, 6) is -0.322. The molecule has 1 aliphatic rings. The molecule has 0 fully saturated rings. The molecule has 0 aromatic heterocycles. The van der Waals surface area contributed by atoms with Gasteiger partial charge in [-0.15, -0.1) is 0 Å². The molecule has 1 aromatic carbocycles. The molecule has 0 heterocycles. The Labute approximate surface area is 87.0 Å². The van der Waals surface area contributed by atoms with Crippen LogP contribution in [0.25, 0.3) is 0 Å². The minimum atomic E-state index is -0.165. The molecule has 3 heteroatoms. The highest BCUT2D eigenvalue weighted by molar-refractivity contribution is 6.24. The zero-order chi connectivity index (χ0) is 11.0. The van der Waals surface area contributed by atoms with Crippen LogP contribution in [0.5, 0.6) is 5.75 Å². The number of carbonyl (C=O) groups excluding carboxylic acids is 2. The molecule has 1 aromatic rings. The van der Waals surface area contributed by atoms with E-state index in [1.165, 1.54) is 24.3 Å². The van der Waals surface area contributed by atoms with Crippen molar-refractivity contribution in [1.29, 1.82) is 0 Å². The lowest BCUT2D eigenvalue weighted by molar-refractivity contribution is 0.0981. The molecule has 0 spiro atoms. The standard InChI is InChI=1S/C12H10O3/c1-2-7-5-11(14)9-4-3-8(13)6-10(9)12(7)15/h3-6,13H,2H2,1H3. The Hall–Kier alpha value is -1.90. The van der Waals surface area contributed by atoms with Crippen LogP contribution in [0.2, 0.25) is 0 Å². The van der Waals surface area contributed by atoms with Crippen molar-refractivity contribution < 1.29 is 14.7 Å². The van der Waals surface area contributed by atoms with Gasteiger partial charge >= 0.3 is 0 Å². The van der Waals surface area contributed by atoms with Crippen molar-refractivity contribution in [3.05, 3.63) is 41.0 Å². The third kappa shape index (κ3) is 1.46. The first kappa shape index (κ1) is 9.65. The SMILES string of the molecule is CCC1=CC(=O)c2ccc(O)cc2C1=O. The fraction of sp³-hybridized carbons (Fsp3) is 0.167. The van der Waals surface area contributed by atoms with Crippen LogP contribution in [0.15, 0.2) is 29.8 Å². The van der Waals surface area contributed by atoms with Gasteiger partial charge < -0.3 is 5.11 Å². The smallest absolute Gasteiger partial charge is 0.190 e. The van der Waals surface area contributed by atoms with Gasteiger partial charge in [-0.1, -0.05) is 6.92 Å². The molecule has 3 nitrogen and oxygen atoms in total. The van der Waals surface area contributed by atoms with Crippen LogP contribution in [0.3, 0.4) is 0 Å². The van der Waals surface area contributed by atoms with E-state index in [0.29, 0.717) is 23.1 Å². The number of hydrogen-bond acceptors (Lipinski definition) is 3. The lowest BCUT2D eigenvalue weighted by Gasteiger charge is -2.13. The monoisotopic (exact) mass is 202 g/mol.